The fraction of sp³-hybridized carbons (Fsp3) is 0.333. The van der Waals surface area contributed by atoms with Crippen LogP contribution in [0.1, 0.15) is 18.4 Å². The fourth-order valence-corrected chi connectivity index (χ4v) is 1.60. The first-order valence-electron chi connectivity index (χ1n) is 5.09. The van der Waals surface area contributed by atoms with Gasteiger partial charge >= 0.3 is 0 Å². The van der Waals surface area contributed by atoms with Crippen LogP contribution in [0.25, 0.3) is 0 Å². The van der Waals surface area contributed by atoms with Crippen LogP contribution in [0.3, 0.4) is 0 Å². The molecule has 3 nitrogen and oxygen atoms in total. The van der Waals surface area contributed by atoms with Gasteiger partial charge in [0.25, 0.3) is 0 Å². The molecule has 1 heterocycles. The van der Waals surface area contributed by atoms with Gasteiger partial charge in [-0.05, 0) is 18.4 Å². The monoisotopic (exact) mass is 203 g/mol. The van der Waals surface area contributed by atoms with E-state index in [9.17, 15) is 4.79 Å². The summed E-state index contributed by atoms with van der Waals surface area (Å²) in [4.78, 5) is 15.4. The van der Waals surface area contributed by atoms with Crippen LogP contribution in [-0.4, -0.2) is 18.1 Å². The average Bonchev–Trinajstić information content (AvgIpc) is 2.76. The van der Waals surface area contributed by atoms with E-state index in [1.807, 2.05) is 18.2 Å². The van der Waals surface area contributed by atoms with Gasteiger partial charge in [0, 0.05) is 6.42 Å². The zero-order valence-electron chi connectivity index (χ0n) is 8.43. The highest BCUT2D eigenvalue weighted by molar-refractivity contribution is 5.88. The third-order valence-corrected chi connectivity index (χ3v) is 2.45. The number of hydrogen-bond donors (Lipinski definition) is 0. The summed E-state index contributed by atoms with van der Waals surface area (Å²) >= 11 is 0. The third kappa shape index (κ3) is 2.65. The maximum atomic E-state index is 10.4. The zero-order valence-corrected chi connectivity index (χ0v) is 8.43. The molecule has 1 aliphatic heterocycles. The summed E-state index contributed by atoms with van der Waals surface area (Å²) in [5, 5.41) is 3.89. The molecule has 0 aliphatic carbocycles. The van der Waals surface area contributed by atoms with Crippen molar-refractivity contribution in [2.24, 2.45) is 5.16 Å². The Bertz CT molecular complexity index is 359. The van der Waals surface area contributed by atoms with E-state index in [-0.39, 0.29) is 6.10 Å². The van der Waals surface area contributed by atoms with Gasteiger partial charge in [-0.15, -0.1) is 0 Å². The number of rotatable bonds is 4. The minimum Gasteiger partial charge on any atom is -0.384 e. The lowest BCUT2D eigenvalue weighted by Gasteiger charge is -1.99. The van der Waals surface area contributed by atoms with Crippen LogP contribution in [0.15, 0.2) is 35.5 Å². The number of aryl methyl sites for hydroxylation is 1. The van der Waals surface area contributed by atoms with Crippen LogP contribution in [-0.2, 0) is 16.1 Å². The molecular weight excluding hydrogens is 190 g/mol. The highest BCUT2D eigenvalue weighted by Gasteiger charge is 2.19. The van der Waals surface area contributed by atoms with Gasteiger partial charge in [0.05, 0.1) is 5.71 Å². The van der Waals surface area contributed by atoms with Crippen molar-refractivity contribution in [1.82, 2.24) is 0 Å². The lowest BCUT2D eigenvalue weighted by atomic mass is 10.0. The Labute approximate surface area is 88.7 Å². The van der Waals surface area contributed by atoms with E-state index in [0.29, 0.717) is 6.42 Å². The van der Waals surface area contributed by atoms with Gasteiger partial charge in [-0.1, -0.05) is 35.5 Å². The van der Waals surface area contributed by atoms with Gasteiger partial charge in [-0.2, -0.15) is 0 Å². The van der Waals surface area contributed by atoms with Crippen molar-refractivity contribution in [2.45, 2.75) is 25.4 Å². The van der Waals surface area contributed by atoms with Crippen LogP contribution in [0, 0.1) is 0 Å². The van der Waals surface area contributed by atoms with Crippen molar-refractivity contribution in [3.8, 4) is 0 Å². The molecule has 0 N–H and O–H groups in total. The van der Waals surface area contributed by atoms with Gasteiger partial charge in [0.1, 0.15) is 0 Å². The number of hydrogen-bond acceptors (Lipinski definition) is 3. The normalized spacial score (nSPS) is 19.5. The minimum atomic E-state index is -0.351. The van der Waals surface area contributed by atoms with Crippen LogP contribution < -0.4 is 0 Å². The lowest BCUT2D eigenvalue weighted by Crippen LogP contribution is -2.09. The van der Waals surface area contributed by atoms with Crippen molar-refractivity contribution in [3.05, 3.63) is 35.9 Å². The van der Waals surface area contributed by atoms with E-state index >= 15 is 0 Å². The van der Waals surface area contributed by atoms with Crippen LogP contribution in [0.2, 0.25) is 0 Å². The van der Waals surface area contributed by atoms with Gasteiger partial charge in [-0.25, -0.2) is 0 Å². The molecule has 1 aromatic rings. The molecule has 3 heteroatoms. The van der Waals surface area contributed by atoms with Gasteiger partial charge in [0.2, 0.25) is 0 Å². The van der Waals surface area contributed by atoms with E-state index < -0.39 is 0 Å². The second-order valence-corrected chi connectivity index (χ2v) is 3.63. The zero-order chi connectivity index (χ0) is 10.5. The molecule has 0 amide bonds. The number of oxime groups is 1. The van der Waals surface area contributed by atoms with Crippen LogP contribution >= 0.6 is 0 Å². The maximum absolute atomic E-state index is 10.4. The second-order valence-electron chi connectivity index (χ2n) is 3.63. The van der Waals surface area contributed by atoms with Crippen molar-refractivity contribution in [2.75, 3.05) is 0 Å². The molecule has 0 unspecified atom stereocenters. The highest BCUT2D eigenvalue weighted by Crippen LogP contribution is 2.13. The van der Waals surface area contributed by atoms with Crippen molar-refractivity contribution < 1.29 is 9.63 Å². The standard InChI is InChI=1S/C12H13NO2/c14-9-12-8-11(13-15-12)7-6-10-4-2-1-3-5-10/h1-5,9,12H,6-8H2/t12-/m1/s1. The predicted molar refractivity (Wildman–Crippen MR) is 57.8 cm³/mol. The molecule has 78 valence electrons. The first-order chi connectivity index (χ1) is 7.38. The smallest absolute Gasteiger partial charge is 0.187 e. The van der Waals surface area contributed by atoms with Crippen LogP contribution in [0.4, 0.5) is 0 Å². The number of carbonyl (C=O) groups excluding carboxylic acids is 1. The Morgan fingerprint density at radius 3 is 2.80 bits per heavy atom. The molecule has 0 saturated heterocycles. The summed E-state index contributed by atoms with van der Waals surface area (Å²) in [6, 6.07) is 10.2. The molecule has 0 saturated carbocycles. The SMILES string of the molecule is O=C[C@H]1CC(CCc2ccccc2)=NO1. The Balaban J connectivity index is 1.82. The molecule has 0 radical (unpaired) electrons. The van der Waals surface area contributed by atoms with E-state index in [0.717, 1.165) is 24.8 Å². The summed E-state index contributed by atoms with van der Waals surface area (Å²) in [7, 11) is 0. The number of benzene rings is 1. The summed E-state index contributed by atoms with van der Waals surface area (Å²) in [5.41, 5.74) is 2.27. The molecule has 15 heavy (non-hydrogen) atoms. The second kappa shape index (κ2) is 4.73. The molecule has 1 atom stereocenters. The van der Waals surface area contributed by atoms with Crippen molar-refractivity contribution in [3.63, 3.8) is 0 Å². The molecule has 0 spiro atoms. The van der Waals surface area contributed by atoms with E-state index in [1.165, 1.54) is 5.56 Å². The molecule has 0 aromatic heterocycles. The molecule has 0 bridgehead atoms. The highest BCUT2D eigenvalue weighted by atomic mass is 16.6. The molecule has 2 rings (SSSR count). The Kier molecular flexibility index (Phi) is 3.12. The lowest BCUT2D eigenvalue weighted by molar-refractivity contribution is -0.116. The number of aldehydes is 1. The fourth-order valence-electron chi connectivity index (χ4n) is 1.60. The molecule has 0 fully saturated rings. The Morgan fingerprint density at radius 2 is 2.13 bits per heavy atom. The van der Waals surface area contributed by atoms with E-state index in [4.69, 9.17) is 4.84 Å². The minimum absolute atomic E-state index is 0.351. The summed E-state index contributed by atoms with van der Waals surface area (Å²) in [5.74, 6) is 0. The molecular formula is C12H13NO2. The third-order valence-electron chi connectivity index (χ3n) is 2.45. The number of nitrogens with zero attached hydrogens (tertiary/aromatic N) is 1. The van der Waals surface area contributed by atoms with Gasteiger partial charge < -0.3 is 4.84 Å². The first kappa shape index (κ1) is 9.90. The average molecular weight is 203 g/mol. The summed E-state index contributed by atoms with van der Waals surface area (Å²) < 4.78 is 0. The predicted octanol–water partition coefficient (Wildman–Crippen LogP) is 1.96. The first-order valence-corrected chi connectivity index (χ1v) is 5.09. The summed E-state index contributed by atoms with van der Waals surface area (Å²) in [6.07, 6.45) is 2.92. The Hall–Kier alpha value is -1.64. The molecule has 1 aromatic carbocycles. The number of carbonyl (C=O) groups is 1. The quantitative estimate of drug-likeness (QED) is 0.702. The topological polar surface area (TPSA) is 38.7 Å². The van der Waals surface area contributed by atoms with Crippen molar-refractivity contribution in [1.29, 1.82) is 0 Å². The summed E-state index contributed by atoms with van der Waals surface area (Å²) in [6.45, 7) is 0. The van der Waals surface area contributed by atoms with Gasteiger partial charge in [0.15, 0.2) is 12.4 Å². The van der Waals surface area contributed by atoms with Gasteiger partial charge in [-0.3, -0.25) is 4.79 Å². The van der Waals surface area contributed by atoms with Crippen LogP contribution in [0.5, 0.6) is 0 Å². The molecule has 1 aliphatic rings. The van der Waals surface area contributed by atoms with E-state index in [2.05, 4.69) is 17.3 Å². The Morgan fingerprint density at radius 1 is 1.33 bits per heavy atom. The van der Waals surface area contributed by atoms with Crippen molar-refractivity contribution >= 4 is 12.0 Å². The largest absolute Gasteiger partial charge is 0.384 e. The maximum Gasteiger partial charge on any atom is 0.187 e. The van der Waals surface area contributed by atoms with E-state index in [1.54, 1.807) is 0 Å².